The molecule has 0 aliphatic carbocycles. The van der Waals surface area contributed by atoms with Gasteiger partial charge in [-0.15, -0.1) is 0 Å². The summed E-state index contributed by atoms with van der Waals surface area (Å²) < 4.78 is 5.17. The average Bonchev–Trinajstić information content (AvgIpc) is 2.17. The highest BCUT2D eigenvalue weighted by Gasteiger charge is 2.16. The molecule has 0 fully saturated rings. The Kier molecular flexibility index (Phi) is 4.35. The maximum atomic E-state index is 11.6. The Labute approximate surface area is 108 Å². The maximum absolute atomic E-state index is 11.6. The molecule has 0 radical (unpaired) electrons. The summed E-state index contributed by atoms with van der Waals surface area (Å²) in [7, 11) is 0. The zero-order valence-electron chi connectivity index (χ0n) is 11.6. The number of hydrogen-bond acceptors (Lipinski definition) is 3. The van der Waals surface area contributed by atoms with Gasteiger partial charge in [0.25, 0.3) is 0 Å². The molecule has 0 bridgehead atoms. The van der Waals surface area contributed by atoms with E-state index >= 15 is 0 Å². The van der Waals surface area contributed by atoms with E-state index in [1.807, 2.05) is 33.8 Å². The summed E-state index contributed by atoms with van der Waals surface area (Å²) in [4.78, 5) is 11.6. The number of ether oxygens (including phenoxy) is 1. The molecule has 1 rings (SSSR count). The molecule has 0 saturated heterocycles. The van der Waals surface area contributed by atoms with Crippen LogP contribution in [-0.4, -0.2) is 16.8 Å². The van der Waals surface area contributed by atoms with E-state index in [2.05, 4.69) is 5.32 Å². The van der Waals surface area contributed by atoms with Crippen LogP contribution in [-0.2, 0) is 4.74 Å². The van der Waals surface area contributed by atoms with Crippen LogP contribution in [0.2, 0.25) is 0 Å². The lowest BCUT2D eigenvalue weighted by atomic mass is 10.1. The minimum atomic E-state index is -0.516. The molecular formula is C14H21NO3. The fourth-order valence-electron chi connectivity index (χ4n) is 1.50. The largest absolute Gasteiger partial charge is 0.444 e. The summed E-state index contributed by atoms with van der Waals surface area (Å²) >= 11 is 0. The molecule has 2 N–H and O–H groups in total. The minimum Gasteiger partial charge on any atom is -0.444 e. The Balaban J connectivity index is 2.77. The highest BCUT2D eigenvalue weighted by atomic mass is 16.6. The van der Waals surface area contributed by atoms with E-state index in [9.17, 15) is 9.90 Å². The lowest BCUT2D eigenvalue weighted by Crippen LogP contribution is -2.27. The van der Waals surface area contributed by atoms with Crippen molar-refractivity contribution in [3.8, 4) is 0 Å². The van der Waals surface area contributed by atoms with Crippen LogP contribution < -0.4 is 5.32 Å². The molecule has 1 aromatic rings. The Morgan fingerprint density at radius 3 is 2.44 bits per heavy atom. The summed E-state index contributed by atoms with van der Waals surface area (Å²) in [6, 6.07) is 5.39. The van der Waals surface area contributed by atoms with Crippen molar-refractivity contribution in [2.75, 3.05) is 5.32 Å². The molecule has 0 aliphatic heterocycles. The van der Waals surface area contributed by atoms with Gasteiger partial charge in [-0.1, -0.05) is 12.1 Å². The van der Waals surface area contributed by atoms with Crippen LogP contribution in [0.25, 0.3) is 0 Å². The van der Waals surface area contributed by atoms with E-state index in [-0.39, 0.29) is 0 Å². The standard InChI is InChI=1S/C14H21NO3/c1-9-8-11(10(2)16)6-7-12(9)15-13(17)18-14(3,4)5/h6-8,10,16H,1-5H3,(H,15,17)/t10-/m0/s1. The number of hydrogen-bond donors (Lipinski definition) is 2. The normalized spacial score (nSPS) is 13.0. The number of carbonyl (C=O) groups is 1. The molecule has 1 amide bonds. The Hall–Kier alpha value is -1.55. The van der Waals surface area contributed by atoms with Gasteiger partial charge in [0.1, 0.15) is 5.60 Å². The van der Waals surface area contributed by atoms with E-state index in [0.717, 1.165) is 11.1 Å². The van der Waals surface area contributed by atoms with Gasteiger partial charge >= 0.3 is 6.09 Å². The van der Waals surface area contributed by atoms with Gasteiger partial charge in [0, 0.05) is 5.69 Å². The highest BCUT2D eigenvalue weighted by Crippen LogP contribution is 2.21. The number of benzene rings is 1. The second-order valence-electron chi connectivity index (χ2n) is 5.38. The predicted molar refractivity (Wildman–Crippen MR) is 71.7 cm³/mol. The first-order valence-corrected chi connectivity index (χ1v) is 5.97. The Morgan fingerprint density at radius 2 is 2.00 bits per heavy atom. The number of nitrogens with one attached hydrogen (secondary N) is 1. The van der Waals surface area contributed by atoms with Crippen molar-refractivity contribution < 1.29 is 14.6 Å². The number of rotatable bonds is 2. The number of aliphatic hydroxyl groups is 1. The number of carbonyl (C=O) groups excluding carboxylic acids is 1. The van der Waals surface area contributed by atoms with Crippen molar-refractivity contribution in [3.05, 3.63) is 29.3 Å². The predicted octanol–water partition coefficient (Wildman–Crippen LogP) is 3.40. The van der Waals surface area contributed by atoms with Crippen LogP contribution >= 0.6 is 0 Å². The van der Waals surface area contributed by atoms with Gasteiger partial charge in [0.15, 0.2) is 0 Å². The number of anilines is 1. The monoisotopic (exact) mass is 251 g/mol. The van der Waals surface area contributed by atoms with Gasteiger partial charge in [-0.3, -0.25) is 5.32 Å². The van der Waals surface area contributed by atoms with Crippen LogP contribution in [0.5, 0.6) is 0 Å². The smallest absolute Gasteiger partial charge is 0.412 e. The molecule has 0 spiro atoms. The van der Waals surface area contributed by atoms with Crippen LogP contribution in [0.3, 0.4) is 0 Å². The van der Waals surface area contributed by atoms with E-state index in [1.54, 1.807) is 19.1 Å². The number of aryl methyl sites for hydroxylation is 1. The van der Waals surface area contributed by atoms with Gasteiger partial charge in [-0.25, -0.2) is 4.79 Å². The highest BCUT2D eigenvalue weighted by molar-refractivity contribution is 5.85. The van der Waals surface area contributed by atoms with Gasteiger partial charge < -0.3 is 9.84 Å². The van der Waals surface area contributed by atoms with Crippen LogP contribution in [0.4, 0.5) is 10.5 Å². The van der Waals surface area contributed by atoms with Crippen molar-refractivity contribution >= 4 is 11.8 Å². The molecule has 0 unspecified atom stereocenters. The van der Waals surface area contributed by atoms with E-state index < -0.39 is 17.8 Å². The molecule has 4 heteroatoms. The van der Waals surface area contributed by atoms with Crippen molar-refractivity contribution in [1.82, 2.24) is 0 Å². The second-order valence-corrected chi connectivity index (χ2v) is 5.38. The number of amides is 1. The molecule has 4 nitrogen and oxygen atoms in total. The molecule has 0 aliphatic rings. The fourth-order valence-corrected chi connectivity index (χ4v) is 1.50. The quantitative estimate of drug-likeness (QED) is 0.847. The molecular weight excluding hydrogens is 230 g/mol. The fraction of sp³-hybridized carbons (Fsp3) is 0.500. The summed E-state index contributed by atoms with van der Waals surface area (Å²) in [6.07, 6.45) is -0.991. The molecule has 1 atom stereocenters. The third-order valence-electron chi connectivity index (χ3n) is 2.37. The van der Waals surface area contributed by atoms with Crippen LogP contribution in [0.15, 0.2) is 18.2 Å². The molecule has 1 aromatic carbocycles. The summed E-state index contributed by atoms with van der Waals surface area (Å²) in [5, 5.41) is 12.2. The molecule has 0 heterocycles. The Bertz CT molecular complexity index is 433. The minimum absolute atomic E-state index is 0.476. The average molecular weight is 251 g/mol. The molecule has 0 aromatic heterocycles. The number of aliphatic hydroxyl groups excluding tert-OH is 1. The van der Waals surface area contributed by atoms with Gasteiger partial charge in [-0.05, 0) is 51.8 Å². The van der Waals surface area contributed by atoms with Crippen molar-refractivity contribution in [1.29, 1.82) is 0 Å². The summed E-state index contributed by atoms with van der Waals surface area (Å²) in [5.41, 5.74) is 1.88. The van der Waals surface area contributed by atoms with E-state index in [0.29, 0.717) is 5.69 Å². The summed E-state index contributed by atoms with van der Waals surface area (Å²) in [6.45, 7) is 9.02. The summed E-state index contributed by atoms with van der Waals surface area (Å²) in [5.74, 6) is 0. The lowest BCUT2D eigenvalue weighted by Gasteiger charge is -2.20. The maximum Gasteiger partial charge on any atom is 0.412 e. The second kappa shape index (κ2) is 5.40. The van der Waals surface area contributed by atoms with Crippen molar-refractivity contribution in [2.45, 2.75) is 46.3 Å². The van der Waals surface area contributed by atoms with Gasteiger partial charge in [0.2, 0.25) is 0 Å². The first-order valence-electron chi connectivity index (χ1n) is 5.97. The van der Waals surface area contributed by atoms with Gasteiger partial charge in [-0.2, -0.15) is 0 Å². The zero-order chi connectivity index (χ0) is 13.9. The lowest BCUT2D eigenvalue weighted by molar-refractivity contribution is 0.0636. The molecule has 100 valence electrons. The first-order chi connectivity index (χ1) is 8.19. The Morgan fingerprint density at radius 1 is 1.39 bits per heavy atom. The van der Waals surface area contributed by atoms with Gasteiger partial charge in [0.05, 0.1) is 6.10 Å². The first kappa shape index (κ1) is 14.5. The van der Waals surface area contributed by atoms with E-state index in [1.165, 1.54) is 0 Å². The van der Waals surface area contributed by atoms with E-state index in [4.69, 9.17) is 4.74 Å². The third-order valence-corrected chi connectivity index (χ3v) is 2.37. The molecule has 18 heavy (non-hydrogen) atoms. The molecule has 0 saturated carbocycles. The van der Waals surface area contributed by atoms with Crippen molar-refractivity contribution in [3.63, 3.8) is 0 Å². The van der Waals surface area contributed by atoms with Crippen LogP contribution in [0, 0.1) is 6.92 Å². The SMILES string of the molecule is Cc1cc([C@H](C)O)ccc1NC(=O)OC(C)(C)C. The third kappa shape index (κ3) is 4.37. The zero-order valence-corrected chi connectivity index (χ0v) is 11.6. The topological polar surface area (TPSA) is 58.6 Å². The van der Waals surface area contributed by atoms with Crippen molar-refractivity contribution in [2.24, 2.45) is 0 Å². The van der Waals surface area contributed by atoms with Crippen LogP contribution in [0.1, 0.15) is 44.9 Å².